The summed E-state index contributed by atoms with van der Waals surface area (Å²) in [6.45, 7) is 15.7. The molecule has 4 nitrogen and oxygen atoms in total. The lowest BCUT2D eigenvalue weighted by atomic mass is 10.2. The zero-order valence-electron chi connectivity index (χ0n) is 17.1. The van der Waals surface area contributed by atoms with E-state index in [-0.39, 0.29) is 0 Å². The molecule has 24 heavy (non-hydrogen) atoms. The van der Waals surface area contributed by atoms with Gasteiger partial charge < -0.3 is 20.0 Å². The van der Waals surface area contributed by atoms with Crippen LogP contribution in [-0.2, 0) is 0 Å². The zero-order valence-corrected chi connectivity index (χ0v) is 17.1. The van der Waals surface area contributed by atoms with Crippen molar-refractivity contribution in [3.63, 3.8) is 0 Å². The lowest BCUT2D eigenvalue weighted by Crippen LogP contribution is -2.28. The van der Waals surface area contributed by atoms with Crippen LogP contribution >= 0.6 is 0 Å². The van der Waals surface area contributed by atoms with E-state index in [1.807, 2.05) is 0 Å². The van der Waals surface area contributed by atoms with Gasteiger partial charge in [0.15, 0.2) is 0 Å². The maximum absolute atomic E-state index is 8.79. The van der Waals surface area contributed by atoms with E-state index >= 15 is 0 Å². The van der Waals surface area contributed by atoms with Gasteiger partial charge in [-0.3, -0.25) is 0 Å². The Morgan fingerprint density at radius 2 is 0.708 bits per heavy atom. The lowest BCUT2D eigenvalue weighted by molar-refractivity contribution is 0.192. The van der Waals surface area contributed by atoms with Crippen LogP contribution in [0.5, 0.6) is 0 Å². The average Bonchev–Trinajstić information content (AvgIpc) is 2.60. The summed E-state index contributed by atoms with van der Waals surface area (Å²) < 4.78 is 0. The van der Waals surface area contributed by atoms with Crippen LogP contribution in [0.25, 0.3) is 0 Å². The number of aliphatic hydroxyl groups is 2. The molecule has 148 valence electrons. The van der Waals surface area contributed by atoms with E-state index in [1.165, 1.54) is 51.4 Å². The van der Waals surface area contributed by atoms with Crippen molar-refractivity contribution in [3.8, 4) is 0 Å². The first-order valence-corrected chi connectivity index (χ1v) is 10.4. The highest BCUT2D eigenvalue weighted by atomic mass is 16.3. The number of unbranched alkanes of at least 4 members (excludes halogenated alkanes) is 4. The van der Waals surface area contributed by atoms with E-state index in [2.05, 4.69) is 37.5 Å². The SMILES string of the molecule is CCCCN(CCO)CCCC.CCCCN(CCO)CCCC. The Bertz CT molecular complexity index is 178. The molecule has 0 unspecified atom stereocenters. The van der Waals surface area contributed by atoms with Gasteiger partial charge in [0.1, 0.15) is 0 Å². The summed E-state index contributed by atoms with van der Waals surface area (Å²) in [6.07, 6.45) is 9.99. The molecule has 0 aromatic carbocycles. The normalized spacial score (nSPS) is 11.0. The van der Waals surface area contributed by atoms with Crippen LogP contribution in [0.1, 0.15) is 79.1 Å². The topological polar surface area (TPSA) is 46.9 Å². The second-order valence-electron chi connectivity index (χ2n) is 6.54. The van der Waals surface area contributed by atoms with E-state index in [4.69, 9.17) is 10.2 Å². The van der Waals surface area contributed by atoms with Crippen LogP contribution in [0.2, 0.25) is 0 Å². The van der Waals surface area contributed by atoms with Gasteiger partial charge in [-0.15, -0.1) is 0 Å². The minimum Gasteiger partial charge on any atom is -0.395 e. The van der Waals surface area contributed by atoms with E-state index < -0.39 is 0 Å². The van der Waals surface area contributed by atoms with Crippen LogP contribution in [-0.4, -0.2) is 72.5 Å². The third-order valence-electron chi connectivity index (χ3n) is 4.14. The standard InChI is InChI=1S/2C10H23NO/c2*1-3-5-7-11(9-10-12)8-6-4-2/h2*12H,3-10H2,1-2H3. The minimum atomic E-state index is 0.299. The summed E-state index contributed by atoms with van der Waals surface area (Å²) in [5.41, 5.74) is 0. The van der Waals surface area contributed by atoms with E-state index in [1.54, 1.807) is 0 Å². The maximum Gasteiger partial charge on any atom is 0.0558 e. The first-order valence-electron chi connectivity index (χ1n) is 10.4. The summed E-state index contributed by atoms with van der Waals surface area (Å²) in [5, 5.41) is 17.6. The molecule has 0 aliphatic heterocycles. The van der Waals surface area contributed by atoms with Gasteiger partial charge in [-0.25, -0.2) is 0 Å². The van der Waals surface area contributed by atoms with Crippen molar-refractivity contribution in [2.45, 2.75) is 79.1 Å². The van der Waals surface area contributed by atoms with Gasteiger partial charge >= 0.3 is 0 Å². The summed E-state index contributed by atoms with van der Waals surface area (Å²) in [6, 6.07) is 0. The molecule has 0 bridgehead atoms. The molecule has 0 atom stereocenters. The van der Waals surface area contributed by atoms with Crippen molar-refractivity contribution in [1.29, 1.82) is 0 Å². The monoisotopic (exact) mass is 346 g/mol. The molecule has 0 heterocycles. The predicted molar refractivity (Wildman–Crippen MR) is 107 cm³/mol. The highest BCUT2D eigenvalue weighted by molar-refractivity contribution is 4.57. The van der Waals surface area contributed by atoms with E-state index in [9.17, 15) is 0 Å². The second-order valence-corrected chi connectivity index (χ2v) is 6.54. The summed E-state index contributed by atoms with van der Waals surface area (Å²) in [4.78, 5) is 4.71. The molecule has 0 amide bonds. The van der Waals surface area contributed by atoms with Gasteiger partial charge in [-0.2, -0.15) is 0 Å². The smallest absolute Gasteiger partial charge is 0.0558 e. The number of hydrogen-bond donors (Lipinski definition) is 2. The number of rotatable bonds is 16. The lowest BCUT2D eigenvalue weighted by Gasteiger charge is -2.20. The molecule has 0 spiro atoms. The Hall–Kier alpha value is -0.160. The molecule has 0 saturated carbocycles. The van der Waals surface area contributed by atoms with Gasteiger partial charge in [-0.05, 0) is 51.9 Å². The highest BCUT2D eigenvalue weighted by Gasteiger charge is 2.02. The Labute approximate surface area is 152 Å². The van der Waals surface area contributed by atoms with Gasteiger partial charge in [-0.1, -0.05) is 53.4 Å². The van der Waals surface area contributed by atoms with Crippen LogP contribution in [0.3, 0.4) is 0 Å². The van der Waals surface area contributed by atoms with E-state index in [0.717, 1.165) is 39.3 Å². The molecule has 0 fully saturated rings. The zero-order chi connectivity index (χ0) is 18.5. The van der Waals surface area contributed by atoms with Crippen molar-refractivity contribution in [3.05, 3.63) is 0 Å². The Morgan fingerprint density at radius 1 is 0.458 bits per heavy atom. The largest absolute Gasteiger partial charge is 0.395 e. The summed E-state index contributed by atoms with van der Waals surface area (Å²) in [5.74, 6) is 0. The fourth-order valence-corrected chi connectivity index (χ4v) is 2.48. The second kappa shape index (κ2) is 22.8. The summed E-state index contributed by atoms with van der Waals surface area (Å²) >= 11 is 0. The average molecular weight is 347 g/mol. The minimum absolute atomic E-state index is 0.299. The molecule has 0 aliphatic rings. The molecule has 0 saturated heterocycles. The molecule has 0 aliphatic carbocycles. The third kappa shape index (κ3) is 19.9. The van der Waals surface area contributed by atoms with Crippen LogP contribution in [0.4, 0.5) is 0 Å². The quantitative estimate of drug-likeness (QED) is 0.447. The number of nitrogens with zero attached hydrogens (tertiary/aromatic N) is 2. The molecule has 4 heteroatoms. The molecular formula is C20H46N2O2. The molecule has 0 aromatic heterocycles. The highest BCUT2D eigenvalue weighted by Crippen LogP contribution is 1.98. The van der Waals surface area contributed by atoms with Crippen LogP contribution in [0.15, 0.2) is 0 Å². The Balaban J connectivity index is 0. The van der Waals surface area contributed by atoms with Crippen molar-refractivity contribution < 1.29 is 10.2 Å². The molecule has 0 radical (unpaired) electrons. The van der Waals surface area contributed by atoms with Crippen LogP contribution in [0, 0.1) is 0 Å². The van der Waals surface area contributed by atoms with Crippen molar-refractivity contribution in [2.24, 2.45) is 0 Å². The summed E-state index contributed by atoms with van der Waals surface area (Å²) in [7, 11) is 0. The molecule has 2 N–H and O–H groups in total. The third-order valence-corrected chi connectivity index (χ3v) is 4.14. The van der Waals surface area contributed by atoms with Crippen LogP contribution < -0.4 is 0 Å². The van der Waals surface area contributed by atoms with Gasteiger partial charge in [0.25, 0.3) is 0 Å². The Morgan fingerprint density at radius 3 is 0.875 bits per heavy atom. The van der Waals surface area contributed by atoms with E-state index in [0.29, 0.717) is 13.2 Å². The predicted octanol–water partition coefficient (Wildman–Crippen LogP) is 3.76. The first-order chi connectivity index (χ1) is 11.7. The van der Waals surface area contributed by atoms with Gasteiger partial charge in [0.05, 0.1) is 13.2 Å². The Kier molecular flexibility index (Phi) is 24.8. The molecule has 0 rings (SSSR count). The van der Waals surface area contributed by atoms with Crippen molar-refractivity contribution >= 4 is 0 Å². The van der Waals surface area contributed by atoms with Gasteiger partial charge in [0.2, 0.25) is 0 Å². The maximum atomic E-state index is 8.79. The fourth-order valence-electron chi connectivity index (χ4n) is 2.48. The number of hydrogen-bond acceptors (Lipinski definition) is 4. The fraction of sp³-hybridized carbons (Fsp3) is 1.00. The van der Waals surface area contributed by atoms with Crippen molar-refractivity contribution in [1.82, 2.24) is 9.80 Å². The van der Waals surface area contributed by atoms with Crippen molar-refractivity contribution in [2.75, 3.05) is 52.5 Å². The number of aliphatic hydroxyl groups excluding tert-OH is 2. The van der Waals surface area contributed by atoms with Gasteiger partial charge in [0, 0.05) is 13.1 Å². The molecular weight excluding hydrogens is 300 g/mol. The molecule has 0 aromatic rings. The first kappa shape index (κ1) is 26.1.